The van der Waals surface area contributed by atoms with Gasteiger partial charge in [0.1, 0.15) is 0 Å². The minimum absolute atomic E-state index is 0.0461. The molecule has 0 saturated carbocycles. The van der Waals surface area contributed by atoms with Crippen LogP contribution in [-0.4, -0.2) is 24.0 Å². The first-order valence-electron chi connectivity index (χ1n) is 8.34. The number of nitrogens with zero attached hydrogens (tertiary/aromatic N) is 1. The van der Waals surface area contributed by atoms with E-state index in [0.717, 1.165) is 37.9 Å². The molecule has 1 aliphatic rings. The van der Waals surface area contributed by atoms with Gasteiger partial charge in [0.15, 0.2) is 0 Å². The second kappa shape index (κ2) is 6.86. The van der Waals surface area contributed by atoms with E-state index in [4.69, 9.17) is 0 Å². The minimum atomic E-state index is -0.414. The first-order valence-corrected chi connectivity index (χ1v) is 8.34. The molecule has 1 heterocycles. The van der Waals surface area contributed by atoms with Crippen LogP contribution in [-0.2, 0) is 12.0 Å². The lowest BCUT2D eigenvalue weighted by molar-refractivity contribution is 0.194. The fourth-order valence-electron chi connectivity index (χ4n) is 3.26. The Hall–Kier alpha value is -2.29. The lowest BCUT2D eigenvalue weighted by atomic mass is 9.85. The molecule has 0 spiro atoms. The number of hydrogen-bond donors (Lipinski definition) is 1. The summed E-state index contributed by atoms with van der Waals surface area (Å²) in [4.78, 5) is 14.6. The maximum Gasteiger partial charge on any atom is 0.318 e. The second-order valence-corrected chi connectivity index (χ2v) is 6.48. The van der Waals surface area contributed by atoms with E-state index in [1.54, 1.807) is 0 Å². The molecule has 1 fully saturated rings. The fraction of sp³-hybridized carbons (Fsp3) is 0.350. The molecule has 23 heavy (non-hydrogen) atoms. The van der Waals surface area contributed by atoms with Crippen molar-refractivity contribution in [3.8, 4) is 0 Å². The Balaban J connectivity index is 1.85. The monoisotopic (exact) mass is 308 g/mol. The van der Waals surface area contributed by atoms with E-state index in [-0.39, 0.29) is 6.03 Å². The SMILES string of the molecule is C[C@@](Cc1ccccc1)(NC(=O)N1CCCC1)c1ccccc1. The predicted molar refractivity (Wildman–Crippen MR) is 93.3 cm³/mol. The van der Waals surface area contributed by atoms with E-state index < -0.39 is 5.54 Å². The van der Waals surface area contributed by atoms with Crippen LogP contribution < -0.4 is 5.32 Å². The van der Waals surface area contributed by atoms with Crippen molar-refractivity contribution in [1.82, 2.24) is 10.2 Å². The van der Waals surface area contributed by atoms with Gasteiger partial charge in [-0.25, -0.2) is 4.79 Å². The van der Waals surface area contributed by atoms with Crippen LogP contribution in [0, 0.1) is 0 Å². The summed E-state index contributed by atoms with van der Waals surface area (Å²) in [5, 5.41) is 3.29. The molecule has 1 atom stereocenters. The number of rotatable bonds is 4. The van der Waals surface area contributed by atoms with Crippen molar-refractivity contribution in [2.24, 2.45) is 0 Å². The fourth-order valence-corrected chi connectivity index (χ4v) is 3.26. The van der Waals surface area contributed by atoms with E-state index in [1.165, 1.54) is 5.56 Å². The van der Waals surface area contributed by atoms with Gasteiger partial charge in [0.05, 0.1) is 5.54 Å². The van der Waals surface area contributed by atoms with Gasteiger partial charge in [-0.15, -0.1) is 0 Å². The number of benzene rings is 2. The summed E-state index contributed by atoms with van der Waals surface area (Å²) in [5.41, 5.74) is 1.94. The van der Waals surface area contributed by atoms with Crippen LogP contribution in [0.5, 0.6) is 0 Å². The van der Waals surface area contributed by atoms with Crippen molar-refractivity contribution in [1.29, 1.82) is 0 Å². The van der Waals surface area contributed by atoms with Gasteiger partial charge in [0.25, 0.3) is 0 Å². The van der Waals surface area contributed by atoms with Crippen LogP contribution in [0.1, 0.15) is 30.9 Å². The summed E-state index contributed by atoms with van der Waals surface area (Å²) in [6.45, 7) is 3.84. The quantitative estimate of drug-likeness (QED) is 0.911. The molecule has 0 aromatic heterocycles. The molecule has 0 aliphatic carbocycles. The van der Waals surface area contributed by atoms with E-state index >= 15 is 0 Å². The first kappa shape index (κ1) is 15.6. The molecule has 1 N–H and O–H groups in total. The summed E-state index contributed by atoms with van der Waals surface area (Å²) in [6.07, 6.45) is 2.99. The molecule has 0 unspecified atom stereocenters. The van der Waals surface area contributed by atoms with E-state index in [2.05, 4.69) is 36.5 Å². The van der Waals surface area contributed by atoms with Crippen LogP contribution in [0.2, 0.25) is 0 Å². The average molecular weight is 308 g/mol. The van der Waals surface area contributed by atoms with Crippen molar-refractivity contribution in [3.63, 3.8) is 0 Å². The third-order valence-corrected chi connectivity index (χ3v) is 4.59. The number of nitrogens with one attached hydrogen (secondary N) is 1. The molecule has 3 rings (SSSR count). The van der Waals surface area contributed by atoms with Gasteiger partial charge < -0.3 is 10.2 Å². The number of likely N-dealkylation sites (tertiary alicyclic amines) is 1. The molecule has 1 aliphatic heterocycles. The van der Waals surface area contributed by atoms with Gasteiger partial charge in [0.2, 0.25) is 0 Å². The Bertz CT molecular complexity index is 635. The molecule has 0 bridgehead atoms. The van der Waals surface area contributed by atoms with Crippen LogP contribution in [0.4, 0.5) is 4.79 Å². The highest BCUT2D eigenvalue weighted by Gasteiger charge is 2.31. The summed E-state index contributed by atoms with van der Waals surface area (Å²) >= 11 is 0. The Kier molecular flexibility index (Phi) is 4.65. The molecule has 3 heteroatoms. The molecular weight excluding hydrogens is 284 g/mol. The van der Waals surface area contributed by atoms with E-state index in [9.17, 15) is 4.79 Å². The summed E-state index contributed by atoms with van der Waals surface area (Å²) < 4.78 is 0. The van der Waals surface area contributed by atoms with Crippen LogP contribution in [0.25, 0.3) is 0 Å². The summed E-state index contributed by atoms with van der Waals surface area (Å²) in [7, 11) is 0. The predicted octanol–water partition coefficient (Wildman–Crippen LogP) is 3.95. The van der Waals surface area contributed by atoms with Gasteiger partial charge in [-0.2, -0.15) is 0 Å². The minimum Gasteiger partial charge on any atom is -0.328 e. The number of urea groups is 1. The first-order chi connectivity index (χ1) is 11.2. The van der Waals surface area contributed by atoms with Gasteiger partial charge in [-0.05, 0) is 37.3 Å². The van der Waals surface area contributed by atoms with Crippen molar-refractivity contribution in [2.75, 3.05) is 13.1 Å². The third kappa shape index (κ3) is 3.73. The van der Waals surface area contributed by atoms with Crippen molar-refractivity contribution >= 4 is 6.03 Å². The lowest BCUT2D eigenvalue weighted by Crippen LogP contribution is -2.50. The summed E-state index contributed by atoms with van der Waals surface area (Å²) in [6, 6.07) is 20.6. The zero-order valence-corrected chi connectivity index (χ0v) is 13.7. The Morgan fingerprint density at radius 1 is 1.00 bits per heavy atom. The standard InChI is InChI=1S/C20H24N2O/c1-20(18-12-6-3-7-13-18,16-17-10-4-2-5-11-17)21-19(23)22-14-8-9-15-22/h2-7,10-13H,8-9,14-16H2,1H3,(H,21,23)/t20-/m0/s1. The zero-order chi connectivity index (χ0) is 16.1. The van der Waals surface area contributed by atoms with Crippen LogP contribution >= 0.6 is 0 Å². The molecule has 2 aromatic carbocycles. The Morgan fingerprint density at radius 3 is 2.17 bits per heavy atom. The normalized spacial score (nSPS) is 16.8. The molecular formula is C20H24N2O. The van der Waals surface area contributed by atoms with E-state index in [0.29, 0.717) is 0 Å². The lowest BCUT2D eigenvalue weighted by Gasteiger charge is -2.33. The average Bonchev–Trinajstić information content (AvgIpc) is 3.11. The molecule has 1 saturated heterocycles. The Morgan fingerprint density at radius 2 is 1.57 bits per heavy atom. The van der Waals surface area contributed by atoms with Crippen molar-refractivity contribution < 1.29 is 4.79 Å². The maximum absolute atomic E-state index is 12.6. The van der Waals surface area contributed by atoms with Gasteiger partial charge in [-0.3, -0.25) is 0 Å². The highest BCUT2D eigenvalue weighted by atomic mass is 16.2. The summed E-state index contributed by atoms with van der Waals surface area (Å²) in [5.74, 6) is 0. The highest BCUT2D eigenvalue weighted by molar-refractivity contribution is 5.75. The van der Waals surface area contributed by atoms with E-state index in [1.807, 2.05) is 41.3 Å². The second-order valence-electron chi connectivity index (χ2n) is 6.48. The topological polar surface area (TPSA) is 32.3 Å². The van der Waals surface area contributed by atoms with Gasteiger partial charge >= 0.3 is 6.03 Å². The van der Waals surface area contributed by atoms with Crippen molar-refractivity contribution in [3.05, 3.63) is 71.8 Å². The van der Waals surface area contributed by atoms with Crippen LogP contribution in [0.15, 0.2) is 60.7 Å². The molecule has 2 aromatic rings. The number of carbonyl (C=O) groups excluding carboxylic acids is 1. The smallest absolute Gasteiger partial charge is 0.318 e. The maximum atomic E-state index is 12.6. The van der Waals surface area contributed by atoms with Crippen LogP contribution in [0.3, 0.4) is 0 Å². The van der Waals surface area contributed by atoms with Gasteiger partial charge in [-0.1, -0.05) is 60.7 Å². The molecule has 2 amide bonds. The Labute approximate surface area is 138 Å². The number of hydrogen-bond acceptors (Lipinski definition) is 1. The number of amides is 2. The van der Waals surface area contributed by atoms with Gasteiger partial charge in [0, 0.05) is 13.1 Å². The highest BCUT2D eigenvalue weighted by Crippen LogP contribution is 2.26. The largest absolute Gasteiger partial charge is 0.328 e. The molecule has 0 radical (unpaired) electrons. The van der Waals surface area contributed by atoms with Crippen molar-refractivity contribution in [2.45, 2.75) is 31.7 Å². The molecule has 3 nitrogen and oxygen atoms in total. The third-order valence-electron chi connectivity index (χ3n) is 4.59. The zero-order valence-electron chi connectivity index (χ0n) is 13.7. The molecule has 120 valence electrons. The number of carbonyl (C=O) groups is 1.